The van der Waals surface area contributed by atoms with Gasteiger partial charge in [0.1, 0.15) is 0 Å². The Kier molecular flexibility index (Phi) is 4.21. The van der Waals surface area contributed by atoms with E-state index in [4.69, 9.17) is 11.6 Å². The van der Waals surface area contributed by atoms with Gasteiger partial charge in [-0.3, -0.25) is 4.79 Å². The van der Waals surface area contributed by atoms with E-state index >= 15 is 0 Å². The maximum atomic E-state index is 10.7. The summed E-state index contributed by atoms with van der Waals surface area (Å²) in [6.45, 7) is 11.2. The highest BCUT2D eigenvalue weighted by Crippen LogP contribution is 2.26. The third-order valence-corrected chi connectivity index (χ3v) is 3.10. The maximum absolute atomic E-state index is 10.7. The van der Waals surface area contributed by atoms with Crippen molar-refractivity contribution in [3.63, 3.8) is 0 Å². The first kappa shape index (κ1) is 14.0. The van der Waals surface area contributed by atoms with Gasteiger partial charge in [-0.1, -0.05) is 32.9 Å². The molecule has 0 fully saturated rings. The molecule has 94 valence electrons. The number of hydrogen-bond donors (Lipinski definition) is 1. The van der Waals surface area contributed by atoms with Crippen LogP contribution in [0, 0.1) is 13.8 Å². The lowest BCUT2D eigenvalue weighted by Gasteiger charge is -2.22. The fraction of sp³-hybridized carbons (Fsp3) is 0.500. The van der Waals surface area contributed by atoms with Crippen LogP contribution in [0.25, 0.3) is 0 Å². The fourth-order valence-electron chi connectivity index (χ4n) is 1.86. The van der Waals surface area contributed by atoms with Crippen LogP contribution >= 0.6 is 11.6 Å². The number of nitrogens with one attached hydrogen (secondary N) is 1. The minimum atomic E-state index is -0.510. The van der Waals surface area contributed by atoms with Gasteiger partial charge in [-0.25, -0.2) is 0 Å². The SMILES string of the molecule is Cc1cc(C(C)(C)C)cc(C)c1CNC(=O)Cl. The number of carbonyl (C=O) groups excluding carboxylic acids is 1. The first-order valence-corrected chi connectivity index (χ1v) is 6.13. The molecule has 0 saturated heterocycles. The van der Waals surface area contributed by atoms with Gasteiger partial charge in [-0.2, -0.15) is 0 Å². The van der Waals surface area contributed by atoms with Gasteiger partial charge in [-0.15, -0.1) is 0 Å². The molecule has 17 heavy (non-hydrogen) atoms. The van der Waals surface area contributed by atoms with E-state index in [1.807, 2.05) is 0 Å². The van der Waals surface area contributed by atoms with Gasteiger partial charge in [0.15, 0.2) is 0 Å². The Morgan fingerprint density at radius 2 is 1.71 bits per heavy atom. The van der Waals surface area contributed by atoms with Crippen molar-refractivity contribution in [1.82, 2.24) is 5.32 Å². The molecule has 0 spiro atoms. The van der Waals surface area contributed by atoms with Gasteiger partial charge in [0.05, 0.1) is 0 Å². The predicted octanol–water partition coefficient (Wildman–Crippen LogP) is 4.05. The minimum Gasteiger partial charge on any atom is -0.338 e. The molecule has 0 heterocycles. The zero-order chi connectivity index (χ0) is 13.2. The molecule has 1 aromatic carbocycles. The smallest absolute Gasteiger partial charge is 0.314 e. The zero-order valence-corrected chi connectivity index (χ0v) is 11.9. The van der Waals surface area contributed by atoms with Crippen molar-refractivity contribution >= 4 is 17.0 Å². The topological polar surface area (TPSA) is 29.1 Å². The Bertz CT molecular complexity index is 409. The molecule has 1 amide bonds. The predicted molar refractivity (Wildman–Crippen MR) is 72.7 cm³/mol. The highest BCUT2D eigenvalue weighted by molar-refractivity contribution is 6.62. The summed E-state index contributed by atoms with van der Waals surface area (Å²) in [4.78, 5) is 10.7. The summed E-state index contributed by atoms with van der Waals surface area (Å²) < 4.78 is 0. The van der Waals surface area contributed by atoms with Crippen molar-refractivity contribution in [3.8, 4) is 0 Å². The summed E-state index contributed by atoms with van der Waals surface area (Å²) in [5.41, 5.74) is 4.99. The van der Waals surface area contributed by atoms with Crippen LogP contribution in [0.1, 0.15) is 43.0 Å². The molecule has 0 bridgehead atoms. The van der Waals surface area contributed by atoms with Crippen LogP contribution in [-0.4, -0.2) is 5.37 Å². The van der Waals surface area contributed by atoms with Crippen LogP contribution in [0.3, 0.4) is 0 Å². The molecule has 0 saturated carbocycles. The van der Waals surface area contributed by atoms with Crippen molar-refractivity contribution < 1.29 is 4.79 Å². The van der Waals surface area contributed by atoms with E-state index in [1.165, 1.54) is 16.7 Å². The summed E-state index contributed by atoms with van der Waals surface area (Å²) in [7, 11) is 0. The van der Waals surface area contributed by atoms with Crippen molar-refractivity contribution in [1.29, 1.82) is 0 Å². The lowest BCUT2D eigenvalue weighted by atomic mass is 9.84. The Labute approximate surface area is 108 Å². The second-order valence-electron chi connectivity index (χ2n) is 5.47. The number of benzene rings is 1. The zero-order valence-electron chi connectivity index (χ0n) is 11.1. The molecule has 0 unspecified atom stereocenters. The molecule has 0 aliphatic carbocycles. The largest absolute Gasteiger partial charge is 0.338 e. The summed E-state index contributed by atoms with van der Waals surface area (Å²) in [6, 6.07) is 4.37. The molecule has 0 atom stereocenters. The minimum absolute atomic E-state index is 0.143. The van der Waals surface area contributed by atoms with E-state index in [9.17, 15) is 4.79 Å². The van der Waals surface area contributed by atoms with Crippen LogP contribution in [0.5, 0.6) is 0 Å². The van der Waals surface area contributed by atoms with Crippen molar-refractivity contribution in [2.24, 2.45) is 0 Å². The van der Waals surface area contributed by atoms with Crippen molar-refractivity contribution in [2.75, 3.05) is 0 Å². The van der Waals surface area contributed by atoms with Gasteiger partial charge < -0.3 is 5.32 Å². The van der Waals surface area contributed by atoms with E-state index in [1.54, 1.807) is 0 Å². The lowest BCUT2D eigenvalue weighted by Crippen LogP contribution is -2.18. The quantitative estimate of drug-likeness (QED) is 0.625. The Balaban J connectivity index is 3.07. The number of halogens is 1. The van der Waals surface area contributed by atoms with Crippen LogP contribution in [-0.2, 0) is 12.0 Å². The van der Waals surface area contributed by atoms with Gasteiger partial charge in [-0.05, 0) is 53.1 Å². The molecule has 0 aliphatic rings. The Morgan fingerprint density at radius 3 is 2.06 bits per heavy atom. The molecule has 1 aromatic rings. The summed E-state index contributed by atoms with van der Waals surface area (Å²) in [5, 5.41) is 2.12. The molecule has 1 N–H and O–H groups in total. The molecule has 1 rings (SSSR count). The van der Waals surface area contributed by atoms with E-state index in [2.05, 4.69) is 52.1 Å². The normalized spacial score (nSPS) is 11.4. The Hall–Kier alpha value is -1.02. The molecule has 0 radical (unpaired) electrons. The summed E-state index contributed by atoms with van der Waals surface area (Å²) in [5.74, 6) is 0. The second kappa shape index (κ2) is 5.09. The molecule has 0 aliphatic heterocycles. The number of hydrogen-bond acceptors (Lipinski definition) is 1. The second-order valence-corrected chi connectivity index (χ2v) is 5.81. The van der Waals surface area contributed by atoms with Gasteiger partial charge >= 0.3 is 5.37 Å². The highest BCUT2D eigenvalue weighted by atomic mass is 35.5. The van der Waals surface area contributed by atoms with Crippen LogP contribution in [0.2, 0.25) is 0 Å². The third kappa shape index (κ3) is 3.74. The molecular weight excluding hydrogens is 234 g/mol. The van der Waals surface area contributed by atoms with Gasteiger partial charge in [0, 0.05) is 6.54 Å². The van der Waals surface area contributed by atoms with E-state index < -0.39 is 5.37 Å². The summed E-state index contributed by atoms with van der Waals surface area (Å²) in [6.07, 6.45) is 0. The van der Waals surface area contributed by atoms with Crippen LogP contribution < -0.4 is 5.32 Å². The Morgan fingerprint density at radius 1 is 1.24 bits per heavy atom. The standard InChI is InChI=1S/C14H20ClNO/c1-9-6-11(14(3,4)5)7-10(2)12(9)8-16-13(15)17/h6-7H,8H2,1-5H3,(H,16,17). The maximum Gasteiger partial charge on any atom is 0.314 e. The van der Waals surface area contributed by atoms with E-state index in [0.717, 1.165) is 5.56 Å². The molecule has 0 aromatic heterocycles. The average Bonchev–Trinajstić information content (AvgIpc) is 2.14. The highest BCUT2D eigenvalue weighted by Gasteiger charge is 2.16. The van der Waals surface area contributed by atoms with E-state index in [-0.39, 0.29) is 5.41 Å². The van der Waals surface area contributed by atoms with Crippen molar-refractivity contribution in [2.45, 2.75) is 46.6 Å². The van der Waals surface area contributed by atoms with Crippen molar-refractivity contribution in [3.05, 3.63) is 34.4 Å². The fourth-order valence-corrected chi connectivity index (χ4v) is 1.93. The first-order valence-electron chi connectivity index (χ1n) is 5.75. The van der Waals surface area contributed by atoms with Gasteiger partial charge in [0.25, 0.3) is 0 Å². The average molecular weight is 254 g/mol. The monoisotopic (exact) mass is 253 g/mol. The number of rotatable bonds is 2. The lowest BCUT2D eigenvalue weighted by molar-refractivity contribution is 0.259. The van der Waals surface area contributed by atoms with Crippen LogP contribution in [0.4, 0.5) is 4.79 Å². The first-order chi connectivity index (χ1) is 7.71. The molecule has 3 heteroatoms. The number of carbonyl (C=O) groups is 1. The third-order valence-electron chi connectivity index (χ3n) is 2.97. The summed E-state index contributed by atoms with van der Waals surface area (Å²) >= 11 is 5.29. The van der Waals surface area contributed by atoms with Crippen LogP contribution in [0.15, 0.2) is 12.1 Å². The number of aryl methyl sites for hydroxylation is 2. The molecule has 2 nitrogen and oxygen atoms in total. The molecular formula is C14H20ClNO. The number of amides is 1. The van der Waals surface area contributed by atoms with E-state index in [0.29, 0.717) is 6.54 Å². The van der Waals surface area contributed by atoms with Gasteiger partial charge in [0.2, 0.25) is 0 Å².